The molecule has 0 fully saturated rings. The first kappa shape index (κ1) is 16.5. The largest absolute Gasteiger partial charge is 0.496 e. The Morgan fingerprint density at radius 3 is 2.57 bits per heavy atom. The van der Waals surface area contributed by atoms with E-state index >= 15 is 0 Å². The molecule has 0 spiro atoms. The van der Waals surface area contributed by atoms with E-state index in [2.05, 4.69) is 10.5 Å². The van der Waals surface area contributed by atoms with Gasteiger partial charge in [0.2, 0.25) is 0 Å². The zero-order chi connectivity index (χ0) is 16.5. The van der Waals surface area contributed by atoms with Crippen LogP contribution in [0.4, 0.5) is 0 Å². The van der Waals surface area contributed by atoms with E-state index in [4.69, 9.17) is 9.47 Å². The van der Waals surface area contributed by atoms with Gasteiger partial charge in [-0.15, -0.1) is 0 Å². The van der Waals surface area contributed by atoms with Gasteiger partial charge in [-0.1, -0.05) is 31.2 Å². The Morgan fingerprint density at radius 2 is 1.83 bits per heavy atom. The normalized spacial score (nSPS) is 10.5. The molecular weight excluding hydrogens is 292 g/mol. The molecule has 0 aromatic heterocycles. The van der Waals surface area contributed by atoms with Crippen molar-refractivity contribution in [3.63, 3.8) is 0 Å². The van der Waals surface area contributed by atoms with Gasteiger partial charge in [0, 0.05) is 5.56 Å². The summed E-state index contributed by atoms with van der Waals surface area (Å²) in [5, 5.41) is 3.99. The Hall–Kier alpha value is -2.82. The van der Waals surface area contributed by atoms with Crippen LogP contribution in [0.25, 0.3) is 0 Å². The van der Waals surface area contributed by atoms with E-state index in [-0.39, 0.29) is 5.91 Å². The van der Waals surface area contributed by atoms with E-state index in [1.54, 1.807) is 31.5 Å². The number of methoxy groups -OCH3 is 1. The highest BCUT2D eigenvalue weighted by Crippen LogP contribution is 2.18. The molecule has 0 bridgehead atoms. The number of hydrogen-bond acceptors (Lipinski definition) is 4. The number of carbonyl (C=O) groups excluding carboxylic acids is 1. The number of hydrazone groups is 1. The third-order valence-electron chi connectivity index (χ3n) is 3.10. The fraction of sp³-hybridized carbons (Fsp3) is 0.222. The lowest BCUT2D eigenvalue weighted by Crippen LogP contribution is -2.18. The van der Waals surface area contributed by atoms with E-state index in [9.17, 15) is 4.79 Å². The Balaban J connectivity index is 2.06. The maximum atomic E-state index is 12.2. The maximum Gasteiger partial charge on any atom is 0.275 e. The van der Waals surface area contributed by atoms with Crippen LogP contribution in [-0.4, -0.2) is 25.8 Å². The third kappa shape index (κ3) is 4.57. The van der Waals surface area contributed by atoms with Crippen molar-refractivity contribution in [2.45, 2.75) is 13.3 Å². The number of ether oxygens (including phenoxy) is 2. The lowest BCUT2D eigenvalue weighted by Gasteiger charge is -2.09. The first-order chi connectivity index (χ1) is 11.3. The Kier molecular flexibility index (Phi) is 6.17. The fourth-order valence-corrected chi connectivity index (χ4v) is 1.99. The Bertz CT molecular complexity index is 683. The molecular formula is C18H20N2O3. The molecule has 0 saturated heterocycles. The van der Waals surface area contributed by atoms with Crippen LogP contribution in [0.15, 0.2) is 53.6 Å². The minimum absolute atomic E-state index is 0.317. The first-order valence-electron chi connectivity index (χ1n) is 7.44. The second-order valence-corrected chi connectivity index (χ2v) is 4.79. The average molecular weight is 312 g/mol. The number of nitrogens with zero attached hydrogens (tertiary/aromatic N) is 1. The van der Waals surface area contributed by atoms with Gasteiger partial charge in [-0.3, -0.25) is 4.79 Å². The second kappa shape index (κ2) is 8.58. The second-order valence-electron chi connectivity index (χ2n) is 4.79. The highest BCUT2D eigenvalue weighted by molar-refractivity contribution is 5.97. The Morgan fingerprint density at radius 1 is 1.13 bits per heavy atom. The molecule has 0 heterocycles. The SMILES string of the molecule is CCCOc1ccccc1C(=O)NN=Cc1ccccc1OC. The number of para-hydroxylation sites is 2. The predicted octanol–water partition coefficient (Wildman–Crippen LogP) is 3.25. The van der Waals surface area contributed by atoms with Crippen LogP contribution in [0.3, 0.4) is 0 Å². The van der Waals surface area contributed by atoms with Gasteiger partial charge in [-0.25, -0.2) is 5.43 Å². The van der Waals surface area contributed by atoms with Gasteiger partial charge in [-0.05, 0) is 30.7 Å². The molecule has 1 N–H and O–H groups in total. The topological polar surface area (TPSA) is 59.9 Å². The third-order valence-corrected chi connectivity index (χ3v) is 3.10. The monoisotopic (exact) mass is 312 g/mol. The maximum absolute atomic E-state index is 12.2. The van der Waals surface area contributed by atoms with Gasteiger partial charge in [0.1, 0.15) is 11.5 Å². The van der Waals surface area contributed by atoms with Crippen molar-refractivity contribution in [1.82, 2.24) is 5.43 Å². The van der Waals surface area contributed by atoms with Crippen molar-refractivity contribution in [2.24, 2.45) is 5.10 Å². The zero-order valence-electron chi connectivity index (χ0n) is 13.3. The molecule has 0 aliphatic heterocycles. The molecule has 0 saturated carbocycles. The lowest BCUT2D eigenvalue weighted by molar-refractivity contribution is 0.0951. The number of benzene rings is 2. The van der Waals surface area contributed by atoms with Crippen LogP contribution in [-0.2, 0) is 0 Å². The van der Waals surface area contributed by atoms with E-state index < -0.39 is 0 Å². The molecule has 0 atom stereocenters. The van der Waals surface area contributed by atoms with Crippen LogP contribution in [0.1, 0.15) is 29.3 Å². The molecule has 0 aliphatic carbocycles. The van der Waals surface area contributed by atoms with Gasteiger partial charge >= 0.3 is 0 Å². The summed E-state index contributed by atoms with van der Waals surface area (Å²) in [5.41, 5.74) is 3.75. The van der Waals surface area contributed by atoms with Gasteiger partial charge in [0.05, 0.1) is 25.5 Å². The lowest BCUT2D eigenvalue weighted by atomic mass is 10.2. The van der Waals surface area contributed by atoms with Crippen LogP contribution >= 0.6 is 0 Å². The fourth-order valence-electron chi connectivity index (χ4n) is 1.99. The van der Waals surface area contributed by atoms with Crippen LogP contribution < -0.4 is 14.9 Å². The summed E-state index contributed by atoms with van der Waals surface area (Å²) in [7, 11) is 1.59. The van der Waals surface area contributed by atoms with Gasteiger partial charge < -0.3 is 9.47 Å². The standard InChI is InChI=1S/C18H20N2O3/c1-3-12-23-17-11-7-5-9-15(17)18(21)20-19-13-14-8-4-6-10-16(14)22-2/h4-11,13H,3,12H2,1-2H3,(H,20,21). The molecule has 0 radical (unpaired) electrons. The number of amides is 1. The van der Waals surface area contributed by atoms with Crippen molar-refractivity contribution in [2.75, 3.05) is 13.7 Å². The number of nitrogens with one attached hydrogen (secondary N) is 1. The van der Waals surface area contributed by atoms with Crippen LogP contribution in [0.5, 0.6) is 11.5 Å². The molecule has 5 nitrogen and oxygen atoms in total. The highest BCUT2D eigenvalue weighted by Gasteiger charge is 2.11. The molecule has 1 amide bonds. The average Bonchev–Trinajstić information content (AvgIpc) is 2.60. The van der Waals surface area contributed by atoms with Gasteiger partial charge in [0.15, 0.2) is 0 Å². The Labute approximate surface area is 135 Å². The quantitative estimate of drug-likeness (QED) is 0.630. The van der Waals surface area contributed by atoms with E-state index in [1.807, 2.05) is 37.3 Å². The predicted molar refractivity (Wildman–Crippen MR) is 90.3 cm³/mol. The van der Waals surface area contributed by atoms with E-state index in [1.165, 1.54) is 0 Å². The summed E-state index contributed by atoms with van der Waals surface area (Å²) in [6.45, 7) is 2.58. The van der Waals surface area contributed by atoms with Crippen molar-refractivity contribution in [3.05, 3.63) is 59.7 Å². The zero-order valence-corrected chi connectivity index (χ0v) is 13.3. The van der Waals surface area contributed by atoms with Crippen molar-refractivity contribution < 1.29 is 14.3 Å². The molecule has 2 rings (SSSR count). The minimum atomic E-state index is -0.317. The molecule has 0 unspecified atom stereocenters. The van der Waals surface area contributed by atoms with E-state index in [0.29, 0.717) is 23.7 Å². The van der Waals surface area contributed by atoms with Crippen molar-refractivity contribution in [3.8, 4) is 11.5 Å². The summed E-state index contributed by atoms with van der Waals surface area (Å²) >= 11 is 0. The molecule has 5 heteroatoms. The summed E-state index contributed by atoms with van der Waals surface area (Å²) < 4.78 is 10.8. The van der Waals surface area contributed by atoms with Gasteiger partial charge in [0.25, 0.3) is 5.91 Å². The summed E-state index contributed by atoms with van der Waals surface area (Å²) in [6.07, 6.45) is 2.42. The van der Waals surface area contributed by atoms with Crippen LogP contribution in [0, 0.1) is 0 Å². The minimum Gasteiger partial charge on any atom is -0.496 e. The van der Waals surface area contributed by atoms with E-state index in [0.717, 1.165) is 12.0 Å². The van der Waals surface area contributed by atoms with Gasteiger partial charge in [-0.2, -0.15) is 5.10 Å². The number of hydrogen-bond donors (Lipinski definition) is 1. The van der Waals surface area contributed by atoms with Crippen molar-refractivity contribution in [1.29, 1.82) is 0 Å². The first-order valence-corrected chi connectivity index (χ1v) is 7.44. The van der Waals surface area contributed by atoms with Crippen LogP contribution in [0.2, 0.25) is 0 Å². The summed E-state index contributed by atoms with van der Waals surface area (Å²) in [5.74, 6) is 0.930. The summed E-state index contributed by atoms with van der Waals surface area (Å²) in [4.78, 5) is 12.2. The smallest absolute Gasteiger partial charge is 0.275 e. The molecule has 2 aromatic carbocycles. The molecule has 120 valence electrons. The number of rotatable bonds is 7. The highest BCUT2D eigenvalue weighted by atomic mass is 16.5. The summed E-state index contributed by atoms with van der Waals surface area (Å²) in [6, 6.07) is 14.5. The number of carbonyl (C=O) groups is 1. The molecule has 2 aromatic rings. The van der Waals surface area contributed by atoms with Crippen molar-refractivity contribution >= 4 is 12.1 Å². The molecule has 23 heavy (non-hydrogen) atoms. The molecule has 0 aliphatic rings.